The molecule has 1 N–H and O–H groups in total. The lowest BCUT2D eigenvalue weighted by Gasteiger charge is -2.06. The molecule has 86 valence electrons. The molecule has 2 heterocycles. The zero-order chi connectivity index (χ0) is 12.1. The van der Waals surface area contributed by atoms with Crippen LogP contribution in [0.25, 0.3) is 0 Å². The monoisotopic (exact) mass is 228 g/mol. The molecule has 2 aromatic rings. The Bertz CT molecular complexity index is 539. The third-order valence-corrected chi connectivity index (χ3v) is 2.40. The van der Waals surface area contributed by atoms with Crippen LogP contribution < -0.4 is 5.32 Å². The van der Waals surface area contributed by atoms with Gasteiger partial charge in [0.15, 0.2) is 11.5 Å². The van der Waals surface area contributed by atoms with Gasteiger partial charge in [-0.1, -0.05) is 0 Å². The van der Waals surface area contributed by atoms with E-state index in [4.69, 9.17) is 5.26 Å². The second-order valence-electron chi connectivity index (χ2n) is 3.49. The molecule has 6 nitrogen and oxygen atoms in total. The number of aryl methyl sites for hydroxylation is 1. The summed E-state index contributed by atoms with van der Waals surface area (Å²) in [5, 5.41) is 16.0. The van der Waals surface area contributed by atoms with Crippen LogP contribution in [0.3, 0.4) is 0 Å². The fraction of sp³-hybridized carbons (Fsp3) is 0.273. The lowest BCUT2D eigenvalue weighted by atomic mass is 10.3. The standard InChI is InChI=1S/C11H12N6/c1-17-9(3-5-16-17)2-4-14-11-10(8-12)13-6-7-15-11/h3,5-7H,2,4H2,1H3,(H,14,15). The maximum atomic E-state index is 8.84. The molecular formula is C11H12N6. The van der Waals surface area contributed by atoms with Gasteiger partial charge in [0, 0.05) is 44.3 Å². The van der Waals surface area contributed by atoms with Gasteiger partial charge in [0.2, 0.25) is 0 Å². The summed E-state index contributed by atoms with van der Waals surface area (Å²) >= 11 is 0. The molecule has 0 unspecified atom stereocenters. The first-order valence-electron chi connectivity index (χ1n) is 5.23. The second-order valence-corrected chi connectivity index (χ2v) is 3.49. The zero-order valence-corrected chi connectivity index (χ0v) is 9.46. The largest absolute Gasteiger partial charge is 0.367 e. The van der Waals surface area contributed by atoms with Crippen molar-refractivity contribution < 1.29 is 0 Å². The van der Waals surface area contributed by atoms with E-state index in [2.05, 4.69) is 20.4 Å². The van der Waals surface area contributed by atoms with Crippen molar-refractivity contribution in [1.82, 2.24) is 19.7 Å². The van der Waals surface area contributed by atoms with Crippen LogP contribution >= 0.6 is 0 Å². The van der Waals surface area contributed by atoms with Gasteiger partial charge in [0.1, 0.15) is 6.07 Å². The summed E-state index contributed by atoms with van der Waals surface area (Å²) in [6.45, 7) is 0.687. The number of hydrogen-bond acceptors (Lipinski definition) is 5. The van der Waals surface area contributed by atoms with E-state index in [0.717, 1.165) is 12.1 Å². The molecule has 0 saturated heterocycles. The molecule has 6 heteroatoms. The molecule has 0 amide bonds. The number of nitrogens with zero attached hydrogens (tertiary/aromatic N) is 5. The van der Waals surface area contributed by atoms with Crippen LogP contribution in [-0.2, 0) is 13.5 Å². The van der Waals surface area contributed by atoms with Crippen LogP contribution in [-0.4, -0.2) is 26.3 Å². The average molecular weight is 228 g/mol. The van der Waals surface area contributed by atoms with Crippen molar-refractivity contribution in [2.45, 2.75) is 6.42 Å². The third-order valence-electron chi connectivity index (χ3n) is 2.40. The number of rotatable bonds is 4. The highest BCUT2D eigenvalue weighted by Crippen LogP contribution is 2.06. The van der Waals surface area contributed by atoms with Gasteiger partial charge in [0.05, 0.1) is 0 Å². The third kappa shape index (κ3) is 2.58. The van der Waals surface area contributed by atoms with E-state index in [9.17, 15) is 0 Å². The fourth-order valence-electron chi connectivity index (χ4n) is 1.50. The summed E-state index contributed by atoms with van der Waals surface area (Å²) in [5.41, 5.74) is 1.44. The summed E-state index contributed by atoms with van der Waals surface area (Å²) in [5.74, 6) is 0.525. The van der Waals surface area contributed by atoms with Crippen LogP contribution in [0.4, 0.5) is 5.82 Å². The Morgan fingerprint density at radius 2 is 2.18 bits per heavy atom. The van der Waals surface area contributed by atoms with Gasteiger partial charge in [-0.05, 0) is 6.07 Å². The molecule has 2 rings (SSSR count). The van der Waals surface area contributed by atoms with Crippen molar-refractivity contribution in [3.63, 3.8) is 0 Å². The smallest absolute Gasteiger partial charge is 0.182 e. The van der Waals surface area contributed by atoms with Gasteiger partial charge in [-0.3, -0.25) is 4.68 Å². The van der Waals surface area contributed by atoms with E-state index in [1.807, 2.05) is 23.9 Å². The Balaban J connectivity index is 1.95. The van der Waals surface area contributed by atoms with Crippen molar-refractivity contribution in [1.29, 1.82) is 5.26 Å². The molecule has 17 heavy (non-hydrogen) atoms. The molecule has 0 aliphatic carbocycles. The second kappa shape index (κ2) is 5.07. The Morgan fingerprint density at radius 1 is 1.35 bits per heavy atom. The molecule has 0 atom stereocenters. The molecular weight excluding hydrogens is 216 g/mol. The van der Waals surface area contributed by atoms with Crippen molar-refractivity contribution in [2.75, 3.05) is 11.9 Å². The highest BCUT2D eigenvalue weighted by atomic mass is 15.3. The summed E-state index contributed by atoms with van der Waals surface area (Å²) < 4.78 is 1.82. The Labute approximate surface area is 98.9 Å². The van der Waals surface area contributed by atoms with Crippen LogP contribution in [0.1, 0.15) is 11.4 Å². The maximum absolute atomic E-state index is 8.84. The normalized spacial score (nSPS) is 9.88. The number of hydrogen-bond donors (Lipinski definition) is 1. The van der Waals surface area contributed by atoms with Crippen LogP contribution in [0, 0.1) is 11.3 Å². The molecule has 0 spiro atoms. The predicted octanol–water partition coefficient (Wildman–Crippen LogP) is 0.736. The van der Waals surface area contributed by atoms with Gasteiger partial charge < -0.3 is 5.32 Å². The van der Waals surface area contributed by atoms with Gasteiger partial charge in [-0.2, -0.15) is 10.4 Å². The van der Waals surface area contributed by atoms with E-state index in [1.165, 1.54) is 6.20 Å². The molecule has 0 saturated carbocycles. The Hall–Kier alpha value is -2.42. The first-order chi connectivity index (χ1) is 8.31. The summed E-state index contributed by atoms with van der Waals surface area (Å²) in [6.07, 6.45) is 5.65. The van der Waals surface area contributed by atoms with Crippen molar-refractivity contribution >= 4 is 5.82 Å². The summed E-state index contributed by atoms with van der Waals surface area (Å²) in [7, 11) is 1.90. The first-order valence-corrected chi connectivity index (χ1v) is 5.23. The van der Waals surface area contributed by atoms with Crippen LogP contribution in [0.5, 0.6) is 0 Å². The van der Waals surface area contributed by atoms with Gasteiger partial charge >= 0.3 is 0 Å². The lowest BCUT2D eigenvalue weighted by Crippen LogP contribution is -2.10. The zero-order valence-electron chi connectivity index (χ0n) is 9.46. The number of nitriles is 1. The average Bonchev–Trinajstić information content (AvgIpc) is 2.76. The number of aromatic nitrogens is 4. The van der Waals surface area contributed by atoms with E-state index >= 15 is 0 Å². The minimum atomic E-state index is 0.317. The van der Waals surface area contributed by atoms with Gasteiger partial charge in [-0.15, -0.1) is 0 Å². The molecule has 0 aromatic carbocycles. The van der Waals surface area contributed by atoms with E-state index in [0.29, 0.717) is 18.1 Å². The minimum absolute atomic E-state index is 0.317. The van der Waals surface area contributed by atoms with E-state index in [-0.39, 0.29) is 0 Å². The SMILES string of the molecule is Cn1nccc1CCNc1nccnc1C#N. The Kier molecular flexibility index (Phi) is 3.31. The molecule has 2 aromatic heterocycles. The van der Waals surface area contributed by atoms with Crippen molar-refractivity contribution in [3.05, 3.63) is 36.0 Å². The van der Waals surface area contributed by atoms with E-state index in [1.54, 1.807) is 12.4 Å². The highest BCUT2D eigenvalue weighted by molar-refractivity contribution is 5.46. The lowest BCUT2D eigenvalue weighted by molar-refractivity contribution is 0.711. The quantitative estimate of drug-likeness (QED) is 0.834. The molecule has 0 fully saturated rings. The molecule has 0 aliphatic rings. The minimum Gasteiger partial charge on any atom is -0.367 e. The fourth-order valence-corrected chi connectivity index (χ4v) is 1.50. The highest BCUT2D eigenvalue weighted by Gasteiger charge is 2.03. The van der Waals surface area contributed by atoms with Gasteiger partial charge in [-0.25, -0.2) is 9.97 Å². The van der Waals surface area contributed by atoms with Crippen molar-refractivity contribution in [2.24, 2.45) is 7.05 Å². The van der Waals surface area contributed by atoms with E-state index < -0.39 is 0 Å². The topological polar surface area (TPSA) is 79.4 Å². The first kappa shape index (κ1) is 11.1. The van der Waals surface area contributed by atoms with Crippen molar-refractivity contribution in [3.8, 4) is 6.07 Å². The molecule has 0 radical (unpaired) electrons. The molecule has 0 aliphatic heterocycles. The van der Waals surface area contributed by atoms with Crippen LogP contribution in [0.2, 0.25) is 0 Å². The number of nitrogens with one attached hydrogen (secondary N) is 1. The predicted molar refractivity (Wildman–Crippen MR) is 62.1 cm³/mol. The summed E-state index contributed by atoms with van der Waals surface area (Å²) in [4.78, 5) is 8.00. The summed E-state index contributed by atoms with van der Waals surface area (Å²) in [6, 6.07) is 3.96. The van der Waals surface area contributed by atoms with Crippen LogP contribution in [0.15, 0.2) is 24.7 Å². The Morgan fingerprint density at radius 3 is 2.88 bits per heavy atom. The maximum Gasteiger partial charge on any atom is 0.182 e. The van der Waals surface area contributed by atoms with Gasteiger partial charge in [0.25, 0.3) is 0 Å². The molecule has 0 bridgehead atoms. The number of anilines is 1.